The van der Waals surface area contributed by atoms with E-state index in [1.807, 2.05) is 60.7 Å². The maximum Gasteiger partial charge on any atom is 0.226 e. The molecule has 5 heteroatoms. The molecule has 0 aliphatic carbocycles. The summed E-state index contributed by atoms with van der Waals surface area (Å²) in [6.07, 6.45) is 3.07. The lowest BCUT2D eigenvalue weighted by molar-refractivity contribution is -0.126. The standard InChI is InChI=1S/C22H21N3O2/c26-22(18-14-17-8-4-5-9-20(17)27-15-18)24-13-11-21-23-12-10-19(25-21)16-6-2-1-3-7-16/h1-10,12,18H,11,13-15H2,(H,24,26)/t18-/m0/s1. The number of fused-ring (bicyclic) bond motifs is 1. The highest BCUT2D eigenvalue weighted by Crippen LogP contribution is 2.26. The third-order valence-electron chi connectivity index (χ3n) is 4.67. The Bertz CT molecular complexity index is 928. The van der Waals surface area contributed by atoms with Crippen LogP contribution in [0.2, 0.25) is 0 Å². The second kappa shape index (κ2) is 7.99. The van der Waals surface area contributed by atoms with Crippen molar-refractivity contribution in [1.82, 2.24) is 15.3 Å². The van der Waals surface area contributed by atoms with Gasteiger partial charge in [-0.15, -0.1) is 0 Å². The molecule has 0 fully saturated rings. The Balaban J connectivity index is 1.32. The van der Waals surface area contributed by atoms with Gasteiger partial charge in [-0.3, -0.25) is 4.79 Å². The van der Waals surface area contributed by atoms with Crippen LogP contribution in [-0.4, -0.2) is 29.0 Å². The Kier molecular flexibility index (Phi) is 5.10. The van der Waals surface area contributed by atoms with E-state index in [2.05, 4.69) is 15.3 Å². The molecule has 2 heterocycles. The molecule has 0 unspecified atom stereocenters. The van der Waals surface area contributed by atoms with E-state index in [4.69, 9.17) is 4.74 Å². The van der Waals surface area contributed by atoms with E-state index in [-0.39, 0.29) is 11.8 Å². The number of hydrogen-bond acceptors (Lipinski definition) is 4. The van der Waals surface area contributed by atoms with E-state index in [0.717, 1.165) is 28.4 Å². The molecule has 27 heavy (non-hydrogen) atoms. The van der Waals surface area contributed by atoms with Crippen molar-refractivity contribution in [2.75, 3.05) is 13.2 Å². The molecule has 5 nitrogen and oxygen atoms in total. The fourth-order valence-corrected chi connectivity index (χ4v) is 3.23. The molecule has 0 saturated carbocycles. The molecule has 1 amide bonds. The summed E-state index contributed by atoms with van der Waals surface area (Å²) in [5.74, 6) is 1.47. The van der Waals surface area contributed by atoms with Gasteiger partial charge in [0.1, 0.15) is 18.2 Å². The lowest BCUT2D eigenvalue weighted by atomic mass is 9.96. The molecular weight excluding hydrogens is 338 g/mol. The van der Waals surface area contributed by atoms with Gasteiger partial charge in [-0.25, -0.2) is 9.97 Å². The molecule has 0 radical (unpaired) electrons. The van der Waals surface area contributed by atoms with Crippen molar-refractivity contribution < 1.29 is 9.53 Å². The van der Waals surface area contributed by atoms with Crippen molar-refractivity contribution in [3.63, 3.8) is 0 Å². The summed E-state index contributed by atoms with van der Waals surface area (Å²) in [6.45, 7) is 0.929. The minimum atomic E-state index is -0.156. The summed E-state index contributed by atoms with van der Waals surface area (Å²) in [6, 6.07) is 19.8. The van der Waals surface area contributed by atoms with Gasteiger partial charge in [0.25, 0.3) is 0 Å². The number of carbonyl (C=O) groups is 1. The van der Waals surface area contributed by atoms with Crippen LogP contribution in [0.4, 0.5) is 0 Å². The lowest BCUT2D eigenvalue weighted by Gasteiger charge is -2.24. The van der Waals surface area contributed by atoms with Gasteiger partial charge in [0.05, 0.1) is 11.6 Å². The van der Waals surface area contributed by atoms with Crippen molar-refractivity contribution in [3.05, 3.63) is 78.2 Å². The van der Waals surface area contributed by atoms with Gasteiger partial charge in [0, 0.05) is 24.7 Å². The predicted octanol–water partition coefficient (Wildman–Crippen LogP) is 3.05. The maximum atomic E-state index is 12.5. The van der Waals surface area contributed by atoms with Gasteiger partial charge in [0.2, 0.25) is 5.91 Å². The Morgan fingerprint density at radius 2 is 1.89 bits per heavy atom. The van der Waals surface area contributed by atoms with Crippen LogP contribution in [0.5, 0.6) is 5.75 Å². The highest BCUT2D eigenvalue weighted by Gasteiger charge is 2.25. The van der Waals surface area contributed by atoms with E-state index < -0.39 is 0 Å². The maximum absolute atomic E-state index is 12.5. The minimum absolute atomic E-state index is 0.0173. The number of hydrogen-bond donors (Lipinski definition) is 1. The van der Waals surface area contributed by atoms with Gasteiger partial charge in [-0.2, -0.15) is 0 Å². The monoisotopic (exact) mass is 359 g/mol. The summed E-state index contributed by atoms with van der Waals surface area (Å²) in [5, 5.41) is 2.99. The van der Waals surface area contributed by atoms with Crippen molar-refractivity contribution >= 4 is 5.91 Å². The minimum Gasteiger partial charge on any atom is -0.492 e. The third-order valence-corrected chi connectivity index (χ3v) is 4.67. The molecule has 1 aliphatic heterocycles. The fourth-order valence-electron chi connectivity index (χ4n) is 3.23. The summed E-state index contributed by atoms with van der Waals surface area (Å²) < 4.78 is 5.70. The highest BCUT2D eigenvalue weighted by atomic mass is 16.5. The lowest BCUT2D eigenvalue weighted by Crippen LogP contribution is -2.38. The van der Waals surface area contributed by atoms with Gasteiger partial charge < -0.3 is 10.1 Å². The first-order chi connectivity index (χ1) is 13.3. The molecule has 0 saturated heterocycles. The third kappa shape index (κ3) is 4.14. The number of nitrogens with one attached hydrogen (secondary N) is 1. The molecule has 4 rings (SSSR count). The SMILES string of the molecule is O=C(NCCc1nccc(-c2ccccc2)n1)[C@@H]1COc2ccccc2C1. The number of amides is 1. The first kappa shape index (κ1) is 17.2. The fraction of sp³-hybridized carbons (Fsp3) is 0.227. The molecule has 1 aliphatic rings. The van der Waals surface area contributed by atoms with E-state index >= 15 is 0 Å². The predicted molar refractivity (Wildman–Crippen MR) is 103 cm³/mol. The second-order valence-corrected chi connectivity index (χ2v) is 6.58. The largest absolute Gasteiger partial charge is 0.492 e. The van der Waals surface area contributed by atoms with Gasteiger partial charge in [-0.1, -0.05) is 48.5 Å². The molecule has 136 valence electrons. The number of carbonyl (C=O) groups excluding carboxylic acids is 1. The van der Waals surface area contributed by atoms with Crippen LogP contribution < -0.4 is 10.1 Å². The zero-order chi connectivity index (χ0) is 18.5. The van der Waals surface area contributed by atoms with Crippen molar-refractivity contribution in [3.8, 4) is 17.0 Å². The number of ether oxygens (including phenoxy) is 1. The van der Waals surface area contributed by atoms with Crippen molar-refractivity contribution in [1.29, 1.82) is 0 Å². The first-order valence-electron chi connectivity index (χ1n) is 9.15. The van der Waals surface area contributed by atoms with Gasteiger partial charge in [0.15, 0.2) is 0 Å². The van der Waals surface area contributed by atoms with Crippen LogP contribution in [0.3, 0.4) is 0 Å². The van der Waals surface area contributed by atoms with Gasteiger partial charge >= 0.3 is 0 Å². The number of nitrogens with zero attached hydrogens (tertiary/aromatic N) is 2. The molecule has 1 atom stereocenters. The van der Waals surface area contributed by atoms with Crippen LogP contribution >= 0.6 is 0 Å². The van der Waals surface area contributed by atoms with Crippen molar-refractivity contribution in [2.45, 2.75) is 12.8 Å². The Morgan fingerprint density at radius 3 is 2.78 bits per heavy atom. The first-order valence-corrected chi connectivity index (χ1v) is 9.15. The Hall–Kier alpha value is -3.21. The summed E-state index contributed by atoms with van der Waals surface area (Å²) in [7, 11) is 0. The van der Waals surface area contributed by atoms with Gasteiger partial charge in [-0.05, 0) is 24.1 Å². The smallest absolute Gasteiger partial charge is 0.226 e. The zero-order valence-electron chi connectivity index (χ0n) is 15.0. The average molecular weight is 359 g/mol. The zero-order valence-corrected chi connectivity index (χ0v) is 15.0. The Morgan fingerprint density at radius 1 is 1.07 bits per heavy atom. The van der Waals surface area contributed by atoms with E-state index in [1.54, 1.807) is 6.20 Å². The summed E-state index contributed by atoms with van der Waals surface area (Å²) in [4.78, 5) is 21.4. The normalized spacial score (nSPS) is 15.5. The molecule has 0 bridgehead atoms. The van der Waals surface area contributed by atoms with Crippen molar-refractivity contribution in [2.24, 2.45) is 5.92 Å². The van der Waals surface area contributed by atoms with Crippen LogP contribution in [0.1, 0.15) is 11.4 Å². The molecule has 3 aromatic rings. The van der Waals surface area contributed by atoms with E-state index in [0.29, 0.717) is 26.0 Å². The van der Waals surface area contributed by atoms with Crippen LogP contribution in [0, 0.1) is 5.92 Å². The summed E-state index contributed by atoms with van der Waals surface area (Å²) in [5.41, 5.74) is 3.04. The van der Waals surface area contributed by atoms with Crippen LogP contribution in [-0.2, 0) is 17.6 Å². The second-order valence-electron chi connectivity index (χ2n) is 6.58. The summed E-state index contributed by atoms with van der Waals surface area (Å²) >= 11 is 0. The van der Waals surface area contributed by atoms with Crippen LogP contribution in [0.25, 0.3) is 11.3 Å². The number of benzene rings is 2. The highest BCUT2D eigenvalue weighted by molar-refractivity contribution is 5.79. The van der Waals surface area contributed by atoms with E-state index in [9.17, 15) is 4.79 Å². The Labute approximate surface area is 158 Å². The average Bonchev–Trinajstić information content (AvgIpc) is 2.74. The quantitative estimate of drug-likeness (QED) is 0.760. The number of aromatic nitrogens is 2. The topological polar surface area (TPSA) is 64.1 Å². The molecule has 1 N–H and O–H groups in total. The molecular formula is C22H21N3O2. The number of para-hydroxylation sites is 1. The molecule has 1 aromatic heterocycles. The van der Waals surface area contributed by atoms with E-state index in [1.165, 1.54) is 0 Å². The molecule has 2 aromatic carbocycles. The molecule has 0 spiro atoms. The van der Waals surface area contributed by atoms with Crippen LogP contribution in [0.15, 0.2) is 66.9 Å². The number of rotatable bonds is 5.